The van der Waals surface area contributed by atoms with Crippen molar-refractivity contribution in [1.29, 1.82) is 0 Å². The Morgan fingerprint density at radius 3 is 1.88 bits per heavy atom. The molecule has 1 aliphatic heterocycles. The molecule has 2 N–H and O–H groups in total. The minimum Gasteiger partial charge on any atom is -0.403 e. The highest BCUT2D eigenvalue weighted by molar-refractivity contribution is 6.45. The van der Waals surface area contributed by atoms with Crippen molar-refractivity contribution in [3.05, 3.63) is 0 Å². The van der Waals surface area contributed by atoms with E-state index in [4.69, 9.17) is 15.0 Å². The molecule has 1 saturated heterocycles. The van der Waals surface area contributed by atoms with Gasteiger partial charge in [-0.1, -0.05) is 40.5 Å². The van der Waals surface area contributed by atoms with E-state index >= 15 is 0 Å². The van der Waals surface area contributed by atoms with E-state index in [9.17, 15) is 0 Å². The molecule has 0 radical (unpaired) electrons. The first kappa shape index (κ1) is 20.3. The molecule has 1 atom stereocenters. The summed E-state index contributed by atoms with van der Waals surface area (Å²) >= 11 is 0. The second kappa shape index (κ2) is 6.59. The number of nitrogens with two attached hydrogens (primary N) is 1. The van der Waals surface area contributed by atoms with Crippen LogP contribution in [0.1, 0.15) is 87.5 Å². The van der Waals surface area contributed by atoms with E-state index in [0.29, 0.717) is 16.9 Å². The molecule has 0 amide bonds. The summed E-state index contributed by atoms with van der Waals surface area (Å²) in [6, 6.07) is 0.432. The SMILES string of the molecule is CC1(C)OB(CCCCC(C)([C@H]2C[C@@H](N)C2)C(C)(C)C)OC1(C)C. The lowest BCUT2D eigenvalue weighted by Gasteiger charge is -2.53. The zero-order valence-electron chi connectivity index (χ0n) is 17.4. The van der Waals surface area contributed by atoms with Crippen LogP contribution in [-0.4, -0.2) is 24.4 Å². The van der Waals surface area contributed by atoms with E-state index in [1.165, 1.54) is 32.1 Å². The maximum atomic E-state index is 6.12. The van der Waals surface area contributed by atoms with Crippen molar-refractivity contribution in [2.75, 3.05) is 0 Å². The summed E-state index contributed by atoms with van der Waals surface area (Å²) in [4.78, 5) is 0. The molecular weight excluding hydrogens is 297 g/mol. The molecule has 3 nitrogen and oxygen atoms in total. The van der Waals surface area contributed by atoms with Crippen LogP contribution in [0.2, 0.25) is 6.32 Å². The molecule has 140 valence electrons. The average molecular weight is 337 g/mol. The Balaban J connectivity index is 1.82. The van der Waals surface area contributed by atoms with Gasteiger partial charge in [0.15, 0.2) is 0 Å². The quantitative estimate of drug-likeness (QED) is 0.545. The van der Waals surface area contributed by atoms with Crippen LogP contribution in [0.3, 0.4) is 0 Å². The van der Waals surface area contributed by atoms with Crippen molar-refractivity contribution in [3.8, 4) is 0 Å². The molecule has 1 unspecified atom stereocenters. The van der Waals surface area contributed by atoms with Crippen LogP contribution < -0.4 is 5.73 Å². The van der Waals surface area contributed by atoms with E-state index in [2.05, 4.69) is 55.4 Å². The Labute approximate surface area is 150 Å². The van der Waals surface area contributed by atoms with Crippen LogP contribution in [0.4, 0.5) is 0 Å². The fourth-order valence-corrected chi connectivity index (χ4v) is 4.26. The molecule has 1 saturated carbocycles. The molecule has 4 heteroatoms. The first-order chi connectivity index (χ1) is 10.8. The standard InChI is InChI=1S/C20H40BNO2/c1-17(2,3)20(8,15-13-16(22)14-15)11-9-10-12-21-23-18(4,5)19(6,7)24-21/h15-16H,9-14,22H2,1-8H3/t15-,16+,20?. The molecule has 1 heterocycles. The predicted molar refractivity (Wildman–Crippen MR) is 103 cm³/mol. The van der Waals surface area contributed by atoms with Crippen molar-refractivity contribution < 1.29 is 9.31 Å². The zero-order chi connectivity index (χ0) is 18.4. The third-order valence-electron chi connectivity index (χ3n) is 7.48. The molecular formula is C20H40BNO2. The Morgan fingerprint density at radius 2 is 1.46 bits per heavy atom. The molecule has 24 heavy (non-hydrogen) atoms. The summed E-state index contributed by atoms with van der Waals surface area (Å²) in [5.74, 6) is 0.782. The summed E-state index contributed by atoms with van der Waals surface area (Å²) in [5.41, 5.74) is 6.34. The third kappa shape index (κ3) is 3.86. The van der Waals surface area contributed by atoms with Crippen LogP contribution in [0.15, 0.2) is 0 Å². The van der Waals surface area contributed by atoms with Crippen LogP contribution in [-0.2, 0) is 9.31 Å². The first-order valence-corrected chi connectivity index (χ1v) is 9.90. The topological polar surface area (TPSA) is 44.5 Å². The summed E-state index contributed by atoms with van der Waals surface area (Å²) < 4.78 is 12.2. The van der Waals surface area contributed by atoms with Gasteiger partial charge in [0.05, 0.1) is 11.2 Å². The summed E-state index contributed by atoms with van der Waals surface area (Å²) in [7, 11) is -0.0481. The lowest BCUT2D eigenvalue weighted by atomic mass is 9.52. The molecule has 0 spiro atoms. The number of rotatable bonds is 6. The predicted octanol–water partition coefficient (Wildman–Crippen LogP) is 5.04. The van der Waals surface area contributed by atoms with Gasteiger partial charge in [0.1, 0.15) is 0 Å². The molecule has 2 fully saturated rings. The fourth-order valence-electron chi connectivity index (χ4n) is 4.26. The van der Waals surface area contributed by atoms with Gasteiger partial charge in [-0.25, -0.2) is 0 Å². The van der Waals surface area contributed by atoms with Gasteiger partial charge in [0.2, 0.25) is 0 Å². The average Bonchev–Trinajstić information content (AvgIpc) is 2.57. The minimum atomic E-state index is -0.209. The van der Waals surface area contributed by atoms with Crippen molar-refractivity contribution in [1.82, 2.24) is 0 Å². The zero-order valence-corrected chi connectivity index (χ0v) is 17.4. The monoisotopic (exact) mass is 337 g/mol. The summed E-state index contributed by atoms with van der Waals surface area (Å²) in [6.45, 7) is 18.2. The van der Waals surface area contributed by atoms with E-state index in [0.717, 1.165) is 12.2 Å². The van der Waals surface area contributed by atoms with Crippen LogP contribution in [0.25, 0.3) is 0 Å². The van der Waals surface area contributed by atoms with Crippen molar-refractivity contribution in [2.45, 2.75) is 111 Å². The van der Waals surface area contributed by atoms with Crippen molar-refractivity contribution in [3.63, 3.8) is 0 Å². The lowest BCUT2D eigenvalue weighted by Crippen LogP contribution is -2.50. The van der Waals surface area contributed by atoms with Crippen LogP contribution in [0, 0.1) is 16.7 Å². The van der Waals surface area contributed by atoms with E-state index in [-0.39, 0.29) is 18.3 Å². The third-order valence-corrected chi connectivity index (χ3v) is 7.48. The molecule has 2 aliphatic rings. The normalized spacial score (nSPS) is 31.6. The first-order valence-electron chi connectivity index (χ1n) is 9.90. The second-order valence-electron chi connectivity index (χ2n) is 10.5. The Kier molecular flexibility index (Phi) is 5.56. The minimum absolute atomic E-state index is 0.0481. The lowest BCUT2D eigenvalue weighted by molar-refractivity contribution is -0.0261. The van der Waals surface area contributed by atoms with Gasteiger partial charge in [0.25, 0.3) is 0 Å². The maximum absolute atomic E-state index is 6.12. The fraction of sp³-hybridized carbons (Fsp3) is 1.00. The highest BCUT2D eigenvalue weighted by Crippen LogP contribution is 2.54. The van der Waals surface area contributed by atoms with E-state index < -0.39 is 0 Å². The molecule has 0 aromatic heterocycles. The number of hydrogen-bond donors (Lipinski definition) is 1. The van der Waals surface area contributed by atoms with Crippen LogP contribution in [0.5, 0.6) is 0 Å². The largest absolute Gasteiger partial charge is 0.457 e. The van der Waals surface area contributed by atoms with Gasteiger partial charge >= 0.3 is 7.12 Å². The van der Waals surface area contributed by atoms with Crippen molar-refractivity contribution in [2.24, 2.45) is 22.5 Å². The van der Waals surface area contributed by atoms with Gasteiger partial charge < -0.3 is 15.0 Å². The smallest absolute Gasteiger partial charge is 0.403 e. The molecule has 2 rings (SSSR count). The van der Waals surface area contributed by atoms with Gasteiger partial charge in [-0.2, -0.15) is 0 Å². The highest BCUT2D eigenvalue weighted by Gasteiger charge is 2.51. The summed E-state index contributed by atoms with van der Waals surface area (Å²) in [5, 5.41) is 0. The molecule has 0 aromatic carbocycles. The van der Waals surface area contributed by atoms with Gasteiger partial charge in [-0.3, -0.25) is 0 Å². The Hall–Kier alpha value is -0.0551. The second-order valence-corrected chi connectivity index (χ2v) is 10.5. The van der Waals surface area contributed by atoms with Gasteiger partial charge in [-0.05, 0) is 70.0 Å². The number of hydrogen-bond acceptors (Lipinski definition) is 3. The van der Waals surface area contributed by atoms with Crippen molar-refractivity contribution >= 4 is 7.12 Å². The van der Waals surface area contributed by atoms with Gasteiger partial charge in [0, 0.05) is 6.04 Å². The van der Waals surface area contributed by atoms with E-state index in [1.807, 2.05) is 0 Å². The molecule has 1 aliphatic carbocycles. The van der Waals surface area contributed by atoms with E-state index in [1.54, 1.807) is 0 Å². The summed E-state index contributed by atoms with van der Waals surface area (Å²) in [6.07, 6.45) is 7.07. The Morgan fingerprint density at radius 1 is 0.958 bits per heavy atom. The molecule has 0 bridgehead atoms. The molecule has 0 aromatic rings. The maximum Gasteiger partial charge on any atom is 0.457 e. The van der Waals surface area contributed by atoms with Gasteiger partial charge in [-0.15, -0.1) is 0 Å². The Bertz CT molecular complexity index is 421. The highest BCUT2D eigenvalue weighted by atomic mass is 16.7. The number of unbranched alkanes of at least 4 members (excludes halogenated alkanes) is 1. The van der Waals surface area contributed by atoms with Crippen LogP contribution >= 0.6 is 0 Å².